The molecule has 17 heavy (non-hydrogen) atoms. The molecule has 1 saturated heterocycles. The number of benzene rings is 1. The molecule has 1 amide bonds. The Bertz CT molecular complexity index is 440. The Balaban J connectivity index is 2.14. The van der Waals surface area contributed by atoms with Gasteiger partial charge in [0.1, 0.15) is 0 Å². The molecule has 2 N–H and O–H groups in total. The first-order valence-electron chi connectivity index (χ1n) is 6.02. The molecule has 0 aromatic heterocycles. The molecule has 0 radical (unpaired) electrons. The van der Waals surface area contributed by atoms with Crippen molar-refractivity contribution in [2.45, 2.75) is 33.4 Å². The van der Waals surface area contributed by atoms with Gasteiger partial charge in [-0.05, 0) is 26.3 Å². The third-order valence-electron chi connectivity index (χ3n) is 3.64. The van der Waals surface area contributed by atoms with Crippen LogP contribution in [-0.2, 0) is 11.3 Å². The van der Waals surface area contributed by atoms with E-state index in [0.717, 1.165) is 0 Å². The van der Waals surface area contributed by atoms with Gasteiger partial charge >= 0.3 is 0 Å². The minimum atomic E-state index is -0.427. The largest absolute Gasteiger partial charge is 0.336 e. The molecular formula is C14H20N2O. The minimum Gasteiger partial charge on any atom is -0.336 e. The van der Waals surface area contributed by atoms with Crippen molar-refractivity contribution in [3.63, 3.8) is 0 Å². The number of hydrogen-bond acceptors (Lipinski definition) is 2. The van der Waals surface area contributed by atoms with Crippen LogP contribution in [-0.4, -0.2) is 23.4 Å². The van der Waals surface area contributed by atoms with Gasteiger partial charge < -0.3 is 10.6 Å². The van der Waals surface area contributed by atoms with E-state index in [9.17, 15) is 4.79 Å². The molecule has 1 aromatic carbocycles. The molecule has 1 aromatic rings. The van der Waals surface area contributed by atoms with E-state index in [1.807, 2.05) is 24.8 Å². The molecule has 3 heteroatoms. The van der Waals surface area contributed by atoms with Gasteiger partial charge in [-0.15, -0.1) is 0 Å². The highest BCUT2D eigenvalue weighted by atomic mass is 16.2. The minimum absolute atomic E-state index is 0.0696. The van der Waals surface area contributed by atoms with Crippen molar-refractivity contribution in [3.05, 3.63) is 35.4 Å². The zero-order chi connectivity index (χ0) is 12.6. The van der Waals surface area contributed by atoms with E-state index in [4.69, 9.17) is 5.73 Å². The van der Waals surface area contributed by atoms with E-state index >= 15 is 0 Å². The first-order valence-corrected chi connectivity index (χ1v) is 6.02. The number of rotatable bonds is 2. The van der Waals surface area contributed by atoms with Crippen LogP contribution in [0.15, 0.2) is 24.3 Å². The number of nitrogens with zero attached hydrogens (tertiary/aromatic N) is 1. The van der Waals surface area contributed by atoms with E-state index < -0.39 is 5.41 Å². The Hall–Kier alpha value is -1.35. The quantitative estimate of drug-likeness (QED) is 0.843. The Morgan fingerprint density at radius 3 is 2.71 bits per heavy atom. The van der Waals surface area contributed by atoms with Crippen LogP contribution in [0.3, 0.4) is 0 Å². The van der Waals surface area contributed by atoms with Crippen molar-refractivity contribution in [2.75, 3.05) is 6.54 Å². The van der Waals surface area contributed by atoms with Gasteiger partial charge in [-0.2, -0.15) is 0 Å². The number of carbonyl (C=O) groups is 1. The normalized spacial score (nSPS) is 23.2. The van der Waals surface area contributed by atoms with Gasteiger partial charge in [0.15, 0.2) is 0 Å². The smallest absolute Gasteiger partial charge is 0.230 e. The Labute approximate surface area is 103 Å². The first-order chi connectivity index (χ1) is 7.91. The molecule has 3 nitrogen and oxygen atoms in total. The van der Waals surface area contributed by atoms with E-state index in [-0.39, 0.29) is 11.9 Å². The zero-order valence-corrected chi connectivity index (χ0v) is 10.7. The third-order valence-corrected chi connectivity index (χ3v) is 3.64. The lowest BCUT2D eigenvalue weighted by Gasteiger charge is -2.20. The van der Waals surface area contributed by atoms with E-state index in [0.29, 0.717) is 13.1 Å². The van der Waals surface area contributed by atoms with Crippen LogP contribution in [0.5, 0.6) is 0 Å². The van der Waals surface area contributed by atoms with E-state index in [2.05, 4.69) is 25.1 Å². The van der Waals surface area contributed by atoms with Crippen LogP contribution in [0, 0.1) is 12.3 Å². The lowest BCUT2D eigenvalue weighted by Crippen LogP contribution is -2.37. The Morgan fingerprint density at radius 2 is 2.18 bits per heavy atom. The second-order valence-electron chi connectivity index (χ2n) is 5.50. The number of nitrogens with two attached hydrogens (primary N) is 1. The summed E-state index contributed by atoms with van der Waals surface area (Å²) < 4.78 is 0. The predicted octanol–water partition coefficient (Wildman–Crippen LogP) is 1.69. The van der Waals surface area contributed by atoms with Crippen LogP contribution < -0.4 is 5.73 Å². The maximum atomic E-state index is 12.2. The summed E-state index contributed by atoms with van der Waals surface area (Å²) in [6.45, 7) is 7.23. The van der Waals surface area contributed by atoms with Crippen molar-refractivity contribution < 1.29 is 4.79 Å². The van der Waals surface area contributed by atoms with Crippen LogP contribution in [0.1, 0.15) is 25.0 Å². The average molecular weight is 232 g/mol. The maximum Gasteiger partial charge on any atom is 0.230 e. The van der Waals surface area contributed by atoms with Crippen molar-refractivity contribution in [2.24, 2.45) is 11.1 Å². The summed E-state index contributed by atoms with van der Waals surface area (Å²) in [5.41, 5.74) is 7.98. The number of carbonyl (C=O) groups excluding carboxylic acids is 1. The molecule has 0 saturated carbocycles. The molecule has 0 bridgehead atoms. The highest BCUT2D eigenvalue weighted by molar-refractivity contribution is 5.85. The summed E-state index contributed by atoms with van der Waals surface area (Å²) in [5.74, 6) is 0.159. The molecule has 1 fully saturated rings. The second kappa shape index (κ2) is 4.15. The predicted molar refractivity (Wildman–Crippen MR) is 68.4 cm³/mol. The molecule has 1 aliphatic rings. The molecular weight excluding hydrogens is 212 g/mol. The van der Waals surface area contributed by atoms with Gasteiger partial charge in [-0.3, -0.25) is 4.79 Å². The fourth-order valence-electron chi connectivity index (χ4n) is 2.28. The fourth-order valence-corrected chi connectivity index (χ4v) is 2.28. The van der Waals surface area contributed by atoms with Gasteiger partial charge in [0.2, 0.25) is 5.91 Å². The van der Waals surface area contributed by atoms with Crippen molar-refractivity contribution in [1.82, 2.24) is 4.90 Å². The van der Waals surface area contributed by atoms with Gasteiger partial charge in [-0.25, -0.2) is 0 Å². The van der Waals surface area contributed by atoms with Gasteiger partial charge in [-0.1, -0.05) is 29.8 Å². The first kappa shape index (κ1) is 12.1. The lowest BCUT2D eigenvalue weighted by molar-refractivity contribution is -0.135. The summed E-state index contributed by atoms with van der Waals surface area (Å²) >= 11 is 0. The summed E-state index contributed by atoms with van der Waals surface area (Å²) in [6, 6.07) is 8.18. The highest BCUT2D eigenvalue weighted by Crippen LogP contribution is 2.30. The SMILES string of the molecule is Cc1cccc(CN2CC(N)C(C)(C)C2=O)c1. The van der Waals surface area contributed by atoms with Crippen molar-refractivity contribution in [1.29, 1.82) is 0 Å². The van der Waals surface area contributed by atoms with Gasteiger partial charge in [0.05, 0.1) is 5.41 Å². The highest BCUT2D eigenvalue weighted by Gasteiger charge is 2.44. The summed E-state index contributed by atoms with van der Waals surface area (Å²) in [6.07, 6.45) is 0. The van der Waals surface area contributed by atoms with Gasteiger partial charge in [0.25, 0.3) is 0 Å². The van der Waals surface area contributed by atoms with Crippen LogP contribution in [0.25, 0.3) is 0 Å². The molecule has 1 heterocycles. The number of aryl methyl sites for hydroxylation is 1. The topological polar surface area (TPSA) is 46.3 Å². The molecule has 0 spiro atoms. The van der Waals surface area contributed by atoms with Gasteiger partial charge in [0, 0.05) is 19.1 Å². The Morgan fingerprint density at radius 1 is 1.47 bits per heavy atom. The third kappa shape index (κ3) is 2.20. The maximum absolute atomic E-state index is 12.2. The average Bonchev–Trinajstić information content (AvgIpc) is 2.43. The molecule has 1 unspecified atom stereocenters. The van der Waals surface area contributed by atoms with Crippen LogP contribution in [0.4, 0.5) is 0 Å². The van der Waals surface area contributed by atoms with E-state index in [1.54, 1.807) is 0 Å². The van der Waals surface area contributed by atoms with Crippen LogP contribution >= 0.6 is 0 Å². The fraction of sp³-hybridized carbons (Fsp3) is 0.500. The van der Waals surface area contributed by atoms with Crippen LogP contribution in [0.2, 0.25) is 0 Å². The Kier molecular flexibility index (Phi) is 2.96. The van der Waals surface area contributed by atoms with Crippen molar-refractivity contribution >= 4 is 5.91 Å². The van der Waals surface area contributed by atoms with Crippen molar-refractivity contribution in [3.8, 4) is 0 Å². The summed E-state index contributed by atoms with van der Waals surface area (Å²) in [7, 11) is 0. The lowest BCUT2D eigenvalue weighted by atomic mass is 9.88. The number of amides is 1. The molecule has 2 rings (SSSR count). The van der Waals surface area contributed by atoms with E-state index in [1.165, 1.54) is 11.1 Å². The number of likely N-dealkylation sites (tertiary alicyclic amines) is 1. The second-order valence-corrected chi connectivity index (χ2v) is 5.50. The molecule has 1 atom stereocenters. The molecule has 92 valence electrons. The molecule has 1 aliphatic heterocycles. The number of hydrogen-bond donors (Lipinski definition) is 1. The molecule has 0 aliphatic carbocycles. The summed E-state index contributed by atoms with van der Waals surface area (Å²) in [4.78, 5) is 14.0. The zero-order valence-electron chi connectivity index (χ0n) is 10.7. The summed E-state index contributed by atoms with van der Waals surface area (Å²) in [5, 5.41) is 0. The standard InChI is InChI=1S/C14H20N2O/c1-10-5-4-6-11(7-10)8-16-9-12(15)14(2,3)13(16)17/h4-7,12H,8-9,15H2,1-3H3. The monoisotopic (exact) mass is 232 g/mol.